The summed E-state index contributed by atoms with van der Waals surface area (Å²) in [5, 5.41) is 12.4. The summed E-state index contributed by atoms with van der Waals surface area (Å²) < 4.78 is 35.3. The van der Waals surface area contributed by atoms with E-state index in [1.807, 2.05) is 6.92 Å². The van der Waals surface area contributed by atoms with E-state index >= 15 is 0 Å². The number of hydrogen-bond acceptors (Lipinski definition) is 12. The third-order valence-corrected chi connectivity index (χ3v) is 9.53. The third kappa shape index (κ3) is 5.43. The Balaban J connectivity index is 1.97. The summed E-state index contributed by atoms with van der Waals surface area (Å²) >= 11 is 0. The minimum Gasteiger partial charge on any atom is -0.462 e. The summed E-state index contributed by atoms with van der Waals surface area (Å²) in [6, 6.07) is 0. The molecule has 0 amide bonds. The SMILES string of the molecule is CCC(C)C(=O)OC1CC2(C)C(OC(C)=O)CC=CCC3OC(=O)C(C)C3(O)C(OC(C)=O)C2C2(CO2)C1OC(C)=O. The molecule has 42 heavy (non-hydrogen) atoms. The molecule has 2 aliphatic carbocycles. The van der Waals surface area contributed by atoms with Gasteiger partial charge in [-0.05, 0) is 19.8 Å². The van der Waals surface area contributed by atoms with Crippen molar-refractivity contribution in [3.05, 3.63) is 12.2 Å². The minimum absolute atomic E-state index is 0.00359. The maximum Gasteiger partial charge on any atom is 0.312 e. The van der Waals surface area contributed by atoms with E-state index in [0.717, 1.165) is 0 Å². The van der Waals surface area contributed by atoms with Crippen molar-refractivity contribution in [3.8, 4) is 0 Å². The normalized spacial score (nSPS) is 41.4. The largest absolute Gasteiger partial charge is 0.462 e. The second-order valence-electron chi connectivity index (χ2n) is 12.4. The van der Waals surface area contributed by atoms with E-state index in [-0.39, 0.29) is 25.9 Å². The molecule has 0 aromatic carbocycles. The lowest BCUT2D eigenvalue weighted by Crippen LogP contribution is -2.71. The Bertz CT molecular complexity index is 1140. The molecule has 11 unspecified atom stereocenters. The van der Waals surface area contributed by atoms with Gasteiger partial charge in [-0.2, -0.15) is 0 Å². The first-order valence-electron chi connectivity index (χ1n) is 14.6. The molecule has 2 saturated heterocycles. The highest BCUT2D eigenvalue weighted by Crippen LogP contribution is 2.62. The Morgan fingerprint density at radius 2 is 1.57 bits per heavy atom. The third-order valence-electron chi connectivity index (χ3n) is 9.53. The average molecular weight is 595 g/mol. The zero-order valence-electron chi connectivity index (χ0n) is 25.2. The number of hydrogen-bond donors (Lipinski definition) is 1. The van der Waals surface area contributed by atoms with E-state index < -0.39 is 94.7 Å². The standard InChI is InChI=1S/C30H42O12/c1-8-15(2)26(34)41-20-13-28(7)21(38-17(4)31)11-9-10-12-22-30(36,16(3)27(35)42-22)25(40-19(6)33)23(28)29(14-37-29)24(20)39-18(5)32/h9-10,15-16,20-25,36H,8,11-14H2,1-7H3. The predicted octanol–water partition coefficient (Wildman–Crippen LogP) is 2.18. The molecular weight excluding hydrogens is 552 g/mol. The summed E-state index contributed by atoms with van der Waals surface area (Å²) in [5.74, 6) is -5.68. The van der Waals surface area contributed by atoms with Crippen LogP contribution in [0.1, 0.15) is 74.1 Å². The fraction of sp³-hybridized carbons (Fsp3) is 0.767. The predicted molar refractivity (Wildman–Crippen MR) is 143 cm³/mol. The number of carbonyl (C=O) groups is 5. The van der Waals surface area contributed by atoms with Gasteiger partial charge in [0, 0.05) is 44.9 Å². The molecule has 12 heteroatoms. The van der Waals surface area contributed by atoms with Gasteiger partial charge in [0.2, 0.25) is 0 Å². The molecule has 0 radical (unpaired) electrons. The van der Waals surface area contributed by atoms with Gasteiger partial charge in [0.15, 0.2) is 11.7 Å². The van der Waals surface area contributed by atoms with Crippen LogP contribution in [0.3, 0.4) is 0 Å². The molecule has 234 valence electrons. The second-order valence-corrected chi connectivity index (χ2v) is 12.4. The Morgan fingerprint density at radius 3 is 2.12 bits per heavy atom. The van der Waals surface area contributed by atoms with Crippen LogP contribution < -0.4 is 0 Å². The van der Waals surface area contributed by atoms with Crippen LogP contribution in [-0.2, 0) is 52.4 Å². The number of esters is 5. The van der Waals surface area contributed by atoms with Crippen molar-refractivity contribution >= 4 is 29.8 Å². The van der Waals surface area contributed by atoms with Crippen LogP contribution >= 0.6 is 0 Å². The topological polar surface area (TPSA) is 164 Å². The summed E-state index contributed by atoms with van der Waals surface area (Å²) in [4.78, 5) is 63.5. The molecular formula is C30H42O12. The Kier molecular flexibility index (Phi) is 8.82. The monoisotopic (exact) mass is 594 g/mol. The summed E-state index contributed by atoms with van der Waals surface area (Å²) in [6.45, 7) is 10.5. The molecule has 1 saturated carbocycles. The van der Waals surface area contributed by atoms with Crippen molar-refractivity contribution in [2.24, 2.45) is 23.2 Å². The fourth-order valence-electron chi connectivity index (χ4n) is 7.14. The zero-order chi connectivity index (χ0) is 31.2. The summed E-state index contributed by atoms with van der Waals surface area (Å²) in [5.41, 5.74) is -4.66. The Hall–Kier alpha value is -2.99. The van der Waals surface area contributed by atoms with Crippen LogP contribution in [0.4, 0.5) is 0 Å². The molecule has 0 aromatic rings. The highest BCUT2D eigenvalue weighted by Gasteiger charge is 2.77. The molecule has 2 aliphatic heterocycles. The van der Waals surface area contributed by atoms with Crippen LogP contribution in [0.2, 0.25) is 0 Å². The van der Waals surface area contributed by atoms with Crippen LogP contribution in [0.15, 0.2) is 12.2 Å². The van der Waals surface area contributed by atoms with Crippen molar-refractivity contribution < 1.29 is 57.5 Å². The van der Waals surface area contributed by atoms with Gasteiger partial charge in [0.1, 0.15) is 30.0 Å². The average Bonchev–Trinajstić information content (AvgIpc) is 3.65. The fourth-order valence-corrected chi connectivity index (χ4v) is 7.14. The van der Waals surface area contributed by atoms with Crippen molar-refractivity contribution in [2.75, 3.05) is 6.61 Å². The van der Waals surface area contributed by atoms with Crippen LogP contribution in [0.25, 0.3) is 0 Å². The molecule has 3 fully saturated rings. The minimum atomic E-state index is -2.03. The molecule has 4 aliphatic rings. The van der Waals surface area contributed by atoms with Crippen LogP contribution in [0.5, 0.6) is 0 Å². The number of rotatable bonds is 6. The molecule has 1 N–H and O–H groups in total. The maximum absolute atomic E-state index is 13.1. The summed E-state index contributed by atoms with van der Waals surface area (Å²) in [7, 11) is 0. The van der Waals surface area contributed by atoms with Crippen molar-refractivity contribution in [1.82, 2.24) is 0 Å². The van der Waals surface area contributed by atoms with Crippen molar-refractivity contribution in [3.63, 3.8) is 0 Å². The van der Waals surface area contributed by atoms with E-state index in [4.69, 9.17) is 28.4 Å². The molecule has 12 nitrogen and oxygen atoms in total. The quantitative estimate of drug-likeness (QED) is 0.207. The first-order chi connectivity index (χ1) is 19.6. The number of carbonyl (C=O) groups excluding carboxylic acids is 5. The van der Waals surface area contributed by atoms with Gasteiger partial charge in [-0.3, -0.25) is 24.0 Å². The van der Waals surface area contributed by atoms with E-state index in [2.05, 4.69) is 0 Å². The number of epoxide rings is 1. The van der Waals surface area contributed by atoms with Gasteiger partial charge in [-0.15, -0.1) is 0 Å². The highest BCUT2D eigenvalue weighted by molar-refractivity contribution is 5.77. The first-order valence-corrected chi connectivity index (χ1v) is 14.6. The molecule has 0 bridgehead atoms. The van der Waals surface area contributed by atoms with Gasteiger partial charge in [-0.25, -0.2) is 0 Å². The maximum atomic E-state index is 13.1. The van der Waals surface area contributed by atoms with Gasteiger partial charge in [0.25, 0.3) is 0 Å². The van der Waals surface area contributed by atoms with Gasteiger partial charge < -0.3 is 33.5 Å². The van der Waals surface area contributed by atoms with Gasteiger partial charge in [0.05, 0.1) is 18.4 Å². The van der Waals surface area contributed by atoms with Crippen LogP contribution in [-0.4, -0.2) is 83.3 Å². The van der Waals surface area contributed by atoms with E-state index in [1.165, 1.54) is 27.7 Å². The van der Waals surface area contributed by atoms with Gasteiger partial charge in [-0.1, -0.05) is 32.9 Å². The lowest BCUT2D eigenvalue weighted by Gasteiger charge is -2.57. The van der Waals surface area contributed by atoms with Crippen molar-refractivity contribution in [1.29, 1.82) is 0 Å². The van der Waals surface area contributed by atoms with Gasteiger partial charge >= 0.3 is 29.8 Å². The smallest absolute Gasteiger partial charge is 0.312 e. The number of fused-ring (bicyclic) bond motifs is 3. The first kappa shape index (κ1) is 31.9. The van der Waals surface area contributed by atoms with E-state index in [0.29, 0.717) is 6.42 Å². The number of ether oxygens (including phenoxy) is 6. The Labute approximate surface area is 245 Å². The lowest BCUT2D eigenvalue weighted by atomic mass is 9.52. The second kappa shape index (κ2) is 11.6. The molecule has 2 heterocycles. The number of aliphatic hydroxyl groups is 1. The molecule has 0 aromatic heterocycles. The molecule has 11 atom stereocenters. The lowest BCUT2D eigenvalue weighted by molar-refractivity contribution is -0.252. The zero-order valence-corrected chi connectivity index (χ0v) is 25.2. The summed E-state index contributed by atoms with van der Waals surface area (Å²) in [6.07, 6.45) is -1.20. The molecule has 1 spiro atoms. The highest BCUT2D eigenvalue weighted by atomic mass is 16.7. The van der Waals surface area contributed by atoms with E-state index in [9.17, 15) is 29.1 Å². The van der Waals surface area contributed by atoms with Crippen LogP contribution in [0, 0.1) is 23.2 Å². The van der Waals surface area contributed by atoms with Crippen molar-refractivity contribution in [2.45, 2.75) is 116 Å². The Morgan fingerprint density at radius 1 is 1.00 bits per heavy atom. The van der Waals surface area contributed by atoms with E-state index in [1.54, 1.807) is 26.0 Å². The molecule has 4 rings (SSSR count).